The molecule has 4 nitrogen and oxygen atoms in total. The fourth-order valence-electron chi connectivity index (χ4n) is 4.44. The molecule has 1 atom stereocenters. The molecule has 1 aromatic heterocycles. The van der Waals surface area contributed by atoms with E-state index in [9.17, 15) is 4.79 Å². The number of ether oxygens (including phenoxy) is 1. The van der Waals surface area contributed by atoms with Crippen molar-refractivity contribution in [2.75, 3.05) is 0 Å². The first-order chi connectivity index (χ1) is 16.2. The van der Waals surface area contributed by atoms with Crippen LogP contribution in [0.3, 0.4) is 0 Å². The van der Waals surface area contributed by atoms with Gasteiger partial charge in [0.05, 0.1) is 0 Å². The maximum absolute atomic E-state index is 11.3. The van der Waals surface area contributed by atoms with E-state index in [-0.39, 0.29) is 5.97 Å². The molecule has 33 heavy (non-hydrogen) atoms. The van der Waals surface area contributed by atoms with Gasteiger partial charge in [-0.2, -0.15) is 0 Å². The summed E-state index contributed by atoms with van der Waals surface area (Å²) in [4.78, 5) is 16.3. The second-order valence-electron chi connectivity index (χ2n) is 8.31. The minimum atomic E-state index is -0.310. The molecule has 1 aliphatic rings. The molecule has 0 fully saturated rings. The van der Waals surface area contributed by atoms with Gasteiger partial charge < -0.3 is 9.15 Å². The smallest absolute Gasteiger partial charge is 0.308 e. The van der Waals surface area contributed by atoms with Gasteiger partial charge in [0.1, 0.15) is 11.4 Å². The van der Waals surface area contributed by atoms with Gasteiger partial charge >= 0.3 is 5.97 Å². The summed E-state index contributed by atoms with van der Waals surface area (Å²) < 4.78 is 11.7. The fraction of sp³-hybridized carbons (Fsp3) is 0.172. The van der Waals surface area contributed by atoms with Crippen molar-refractivity contribution >= 4 is 11.5 Å². The molecule has 0 saturated heterocycles. The summed E-state index contributed by atoms with van der Waals surface area (Å²) in [5.41, 5.74) is 5.19. The SMILES string of the molecule is CC(=O)Oc1cccc(C[C@@H]2CCC=C2c2nc(-c3ccccc3)c(-c3ccccc3)o2)c1. The molecule has 0 unspecified atom stereocenters. The van der Waals surface area contributed by atoms with E-state index in [1.165, 1.54) is 6.92 Å². The number of allylic oxidation sites excluding steroid dienone is 2. The Morgan fingerprint density at radius 3 is 2.42 bits per heavy atom. The second-order valence-corrected chi connectivity index (χ2v) is 8.31. The predicted octanol–water partition coefficient (Wildman–Crippen LogP) is 6.97. The maximum atomic E-state index is 11.3. The quantitative estimate of drug-likeness (QED) is 0.242. The van der Waals surface area contributed by atoms with Crippen molar-refractivity contribution < 1.29 is 13.9 Å². The summed E-state index contributed by atoms with van der Waals surface area (Å²) in [7, 11) is 0. The number of carbonyl (C=O) groups excluding carboxylic acids is 1. The Morgan fingerprint density at radius 2 is 1.70 bits per heavy atom. The number of hydrogen-bond donors (Lipinski definition) is 0. The molecule has 0 N–H and O–H groups in total. The van der Waals surface area contributed by atoms with Crippen LogP contribution >= 0.6 is 0 Å². The number of esters is 1. The van der Waals surface area contributed by atoms with Gasteiger partial charge in [-0.15, -0.1) is 0 Å². The summed E-state index contributed by atoms with van der Waals surface area (Å²) in [5, 5.41) is 0. The van der Waals surface area contributed by atoms with Crippen molar-refractivity contribution in [2.45, 2.75) is 26.2 Å². The molecule has 4 aromatic rings. The first-order valence-corrected chi connectivity index (χ1v) is 11.3. The first kappa shape index (κ1) is 21.0. The van der Waals surface area contributed by atoms with Gasteiger partial charge in [-0.05, 0) is 42.9 Å². The van der Waals surface area contributed by atoms with Crippen LogP contribution in [-0.4, -0.2) is 11.0 Å². The number of aromatic nitrogens is 1. The summed E-state index contributed by atoms with van der Waals surface area (Å²) >= 11 is 0. The Labute approximate surface area is 193 Å². The summed E-state index contributed by atoms with van der Waals surface area (Å²) in [6, 6.07) is 28.1. The highest BCUT2D eigenvalue weighted by Crippen LogP contribution is 2.40. The Morgan fingerprint density at radius 1 is 0.970 bits per heavy atom. The molecule has 0 amide bonds. The minimum absolute atomic E-state index is 0.295. The zero-order valence-electron chi connectivity index (χ0n) is 18.5. The molecule has 0 bridgehead atoms. The van der Waals surface area contributed by atoms with Gasteiger partial charge in [0.15, 0.2) is 5.76 Å². The van der Waals surface area contributed by atoms with Crippen LogP contribution in [0.5, 0.6) is 5.75 Å². The van der Waals surface area contributed by atoms with E-state index < -0.39 is 0 Å². The van der Waals surface area contributed by atoms with Gasteiger partial charge in [0.25, 0.3) is 0 Å². The van der Waals surface area contributed by atoms with E-state index in [1.54, 1.807) is 0 Å². The molecule has 5 rings (SSSR count). The van der Waals surface area contributed by atoms with E-state index in [1.807, 2.05) is 54.6 Å². The Bertz CT molecular complexity index is 1230. The predicted molar refractivity (Wildman–Crippen MR) is 130 cm³/mol. The van der Waals surface area contributed by atoms with E-state index >= 15 is 0 Å². The van der Waals surface area contributed by atoms with Gasteiger partial charge in [0, 0.05) is 23.6 Å². The third kappa shape index (κ3) is 4.65. The van der Waals surface area contributed by atoms with Crippen LogP contribution in [0.4, 0.5) is 0 Å². The lowest BCUT2D eigenvalue weighted by Crippen LogP contribution is -2.05. The van der Waals surface area contributed by atoms with Crippen LogP contribution in [0.25, 0.3) is 28.2 Å². The highest BCUT2D eigenvalue weighted by Gasteiger charge is 2.27. The van der Waals surface area contributed by atoms with Gasteiger partial charge in [-0.1, -0.05) is 78.9 Å². The standard InChI is InChI=1S/C29H25NO3/c1-20(31)32-25-16-8-10-21(19-25)18-24-15-9-17-26(24)29-30-27(22-11-4-2-5-12-22)28(33-29)23-13-6-3-7-14-23/h2-8,10-14,16-17,19,24H,9,15,18H2,1H3/t24-/m0/s1. The van der Waals surface area contributed by atoms with Crippen LogP contribution in [0.15, 0.2) is 95.4 Å². The van der Waals surface area contributed by atoms with E-state index in [0.29, 0.717) is 17.6 Å². The Hall–Kier alpha value is -3.92. The molecular formula is C29H25NO3. The third-order valence-corrected chi connectivity index (χ3v) is 5.92. The minimum Gasteiger partial charge on any atom is -0.436 e. The van der Waals surface area contributed by atoms with Crippen molar-refractivity contribution in [3.05, 3.63) is 102 Å². The number of oxazole rings is 1. The molecule has 0 saturated carbocycles. The topological polar surface area (TPSA) is 52.3 Å². The average molecular weight is 436 g/mol. The number of hydrogen-bond acceptors (Lipinski definition) is 4. The number of rotatable bonds is 6. The molecule has 0 spiro atoms. The number of carbonyl (C=O) groups is 1. The molecule has 0 aliphatic heterocycles. The van der Waals surface area contributed by atoms with Crippen LogP contribution in [0, 0.1) is 5.92 Å². The average Bonchev–Trinajstić information content (AvgIpc) is 3.47. The molecular weight excluding hydrogens is 410 g/mol. The normalized spacial score (nSPS) is 15.3. The molecule has 1 heterocycles. The van der Waals surface area contributed by atoms with Crippen molar-refractivity contribution in [2.24, 2.45) is 5.92 Å². The van der Waals surface area contributed by atoms with Crippen LogP contribution < -0.4 is 4.74 Å². The molecule has 164 valence electrons. The lowest BCUT2D eigenvalue weighted by Gasteiger charge is -2.13. The highest BCUT2D eigenvalue weighted by atomic mass is 16.5. The monoisotopic (exact) mass is 435 g/mol. The Kier molecular flexibility index (Phi) is 5.90. The summed E-state index contributed by atoms with van der Waals surface area (Å²) in [6.07, 6.45) is 5.12. The molecule has 1 aliphatic carbocycles. The van der Waals surface area contributed by atoms with Crippen LogP contribution in [0.1, 0.15) is 31.2 Å². The fourth-order valence-corrected chi connectivity index (χ4v) is 4.44. The lowest BCUT2D eigenvalue weighted by atomic mass is 9.93. The van der Waals surface area contributed by atoms with Crippen LogP contribution in [-0.2, 0) is 11.2 Å². The van der Waals surface area contributed by atoms with Gasteiger partial charge in [-0.25, -0.2) is 4.98 Å². The first-order valence-electron chi connectivity index (χ1n) is 11.3. The van der Waals surface area contributed by atoms with Crippen molar-refractivity contribution in [1.82, 2.24) is 4.98 Å². The zero-order chi connectivity index (χ0) is 22.6. The van der Waals surface area contributed by atoms with E-state index in [4.69, 9.17) is 14.1 Å². The third-order valence-electron chi connectivity index (χ3n) is 5.92. The zero-order valence-corrected chi connectivity index (χ0v) is 18.5. The van der Waals surface area contributed by atoms with E-state index in [0.717, 1.165) is 53.0 Å². The maximum Gasteiger partial charge on any atom is 0.308 e. The number of benzene rings is 3. The Balaban J connectivity index is 1.47. The van der Waals surface area contributed by atoms with Crippen molar-refractivity contribution in [3.8, 4) is 28.3 Å². The lowest BCUT2D eigenvalue weighted by molar-refractivity contribution is -0.131. The van der Waals surface area contributed by atoms with Crippen LogP contribution in [0.2, 0.25) is 0 Å². The molecule has 3 aromatic carbocycles. The second kappa shape index (κ2) is 9.29. The van der Waals surface area contributed by atoms with Gasteiger partial charge in [0.2, 0.25) is 5.89 Å². The largest absolute Gasteiger partial charge is 0.436 e. The summed E-state index contributed by atoms with van der Waals surface area (Å²) in [6.45, 7) is 1.42. The van der Waals surface area contributed by atoms with Gasteiger partial charge in [-0.3, -0.25) is 4.79 Å². The number of nitrogens with zero attached hydrogens (tertiary/aromatic N) is 1. The summed E-state index contributed by atoms with van der Waals surface area (Å²) in [5.74, 6) is 2.04. The van der Waals surface area contributed by atoms with E-state index in [2.05, 4.69) is 36.4 Å². The highest BCUT2D eigenvalue weighted by molar-refractivity contribution is 5.79. The van der Waals surface area contributed by atoms with Crippen molar-refractivity contribution in [3.63, 3.8) is 0 Å². The van der Waals surface area contributed by atoms with Crippen molar-refractivity contribution in [1.29, 1.82) is 0 Å². The molecule has 4 heteroatoms. The molecule has 0 radical (unpaired) electrons.